The highest BCUT2D eigenvalue weighted by Gasteiger charge is 2.19. The van der Waals surface area contributed by atoms with Crippen LogP contribution in [0.25, 0.3) is 16.8 Å². The number of ether oxygens (including phenoxy) is 1. The number of nitrogens with two attached hydrogens (primary N) is 2. The number of carbonyl (C=O) groups is 1. The lowest BCUT2D eigenvalue weighted by Crippen LogP contribution is -2.30. The van der Waals surface area contributed by atoms with Gasteiger partial charge < -0.3 is 10.5 Å². The Morgan fingerprint density at radius 1 is 1.36 bits per heavy atom. The highest BCUT2D eigenvalue weighted by atomic mass is 16.5. The van der Waals surface area contributed by atoms with Crippen LogP contribution in [-0.2, 0) is 0 Å². The number of amides is 1. The van der Waals surface area contributed by atoms with Crippen LogP contribution in [0, 0.1) is 0 Å². The fourth-order valence-electron chi connectivity index (χ4n) is 2.20. The summed E-state index contributed by atoms with van der Waals surface area (Å²) in [4.78, 5) is 19.9. The minimum atomic E-state index is -0.480. The molecule has 0 saturated heterocycles. The summed E-state index contributed by atoms with van der Waals surface area (Å²) in [5.74, 6) is 5.36. The third kappa shape index (κ3) is 2.09. The van der Waals surface area contributed by atoms with E-state index in [-0.39, 0.29) is 11.4 Å². The molecule has 0 unspecified atom stereocenters. The smallest absolute Gasteiger partial charge is 0.267 e. The molecule has 3 aromatic rings. The van der Waals surface area contributed by atoms with Crippen LogP contribution in [0.5, 0.6) is 5.88 Å². The molecule has 0 aromatic carbocycles. The lowest BCUT2D eigenvalue weighted by Gasteiger charge is -2.04. The molecule has 0 fully saturated rings. The molecule has 1 amide bonds. The first kappa shape index (κ1) is 13.8. The van der Waals surface area contributed by atoms with Crippen LogP contribution < -0.4 is 21.7 Å². The summed E-state index contributed by atoms with van der Waals surface area (Å²) < 4.78 is 6.64. The molecule has 9 nitrogen and oxygen atoms in total. The van der Waals surface area contributed by atoms with Gasteiger partial charge in [-0.3, -0.25) is 10.2 Å². The fraction of sp³-hybridized carbons (Fsp3) is 0.0769. The summed E-state index contributed by atoms with van der Waals surface area (Å²) in [7, 11) is 1.52. The Labute approximate surface area is 124 Å². The van der Waals surface area contributed by atoms with Gasteiger partial charge in [-0.15, -0.1) is 0 Å². The maximum atomic E-state index is 11.9. The Morgan fingerprint density at radius 2 is 2.18 bits per heavy atom. The van der Waals surface area contributed by atoms with Crippen molar-refractivity contribution in [1.29, 1.82) is 0 Å². The van der Waals surface area contributed by atoms with Gasteiger partial charge in [0.25, 0.3) is 5.91 Å². The van der Waals surface area contributed by atoms with Crippen LogP contribution in [0.1, 0.15) is 10.4 Å². The third-order valence-corrected chi connectivity index (χ3v) is 3.20. The number of hydrazine groups is 1. The molecule has 22 heavy (non-hydrogen) atoms. The summed E-state index contributed by atoms with van der Waals surface area (Å²) in [6, 6.07) is 5.13. The van der Waals surface area contributed by atoms with Crippen molar-refractivity contribution in [3.8, 4) is 17.1 Å². The number of anilines is 1. The molecule has 0 saturated carbocycles. The molecule has 0 aliphatic carbocycles. The molecule has 0 atom stereocenters. The Morgan fingerprint density at radius 3 is 2.91 bits per heavy atom. The van der Waals surface area contributed by atoms with Crippen LogP contribution in [0.2, 0.25) is 0 Å². The monoisotopic (exact) mass is 299 g/mol. The largest absolute Gasteiger partial charge is 0.481 e. The molecule has 3 aromatic heterocycles. The van der Waals surface area contributed by atoms with Crippen molar-refractivity contribution < 1.29 is 9.53 Å². The molecule has 0 aliphatic heterocycles. The molecular weight excluding hydrogens is 286 g/mol. The molecule has 0 spiro atoms. The van der Waals surface area contributed by atoms with Crippen molar-refractivity contribution in [2.45, 2.75) is 0 Å². The van der Waals surface area contributed by atoms with E-state index in [9.17, 15) is 4.79 Å². The number of pyridine rings is 1. The van der Waals surface area contributed by atoms with Gasteiger partial charge in [0, 0.05) is 17.8 Å². The Balaban J connectivity index is 2.30. The molecular formula is C13H13N7O2. The lowest BCUT2D eigenvalue weighted by atomic mass is 10.1. The summed E-state index contributed by atoms with van der Waals surface area (Å²) in [6.45, 7) is 0. The number of hydrogen-bond acceptors (Lipinski definition) is 7. The molecule has 5 N–H and O–H groups in total. The number of carbonyl (C=O) groups excluding carboxylic acids is 1. The predicted octanol–water partition coefficient (Wildman–Crippen LogP) is -0.0144. The molecule has 112 valence electrons. The van der Waals surface area contributed by atoms with E-state index in [4.69, 9.17) is 16.3 Å². The first-order valence-corrected chi connectivity index (χ1v) is 6.29. The van der Waals surface area contributed by atoms with Crippen LogP contribution >= 0.6 is 0 Å². The zero-order valence-electron chi connectivity index (χ0n) is 11.6. The fourth-order valence-corrected chi connectivity index (χ4v) is 2.20. The normalized spacial score (nSPS) is 10.6. The summed E-state index contributed by atoms with van der Waals surface area (Å²) in [5, 5.41) is 4.15. The number of nitrogens with one attached hydrogen (secondary N) is 1. The van der Waals surface area contributed by atoms with E-state index in [0.717, 1.165) is 5.56 Å². The van der Waals surface area contributed by atoms with Gasteiger partial charge in [-0.2, -0.15) is 5.10 Å². The SMILES string of the molecule is COc1cc(-c2cc(C(=O)NN)c3c(N)ncnn23)ccn1. The lowest BCUT2D eigenvalue weighted by molar-refractivity contribution is 0.0955. The number of nitrogen functional groups attached to an aromatic ring is 2. The van der Waals surface area contributed by atoms with Crippen molar-refractivity contribution in [3.05, 3.63) is 36.3 Å². The highest BCUT2D eigenvalue weighted by molar-refractivity contribution is 6.04. The summed E-state index contributed by atoms with van der Waals surface area (Å²) >= 11 is 0. The first-order valence-electron chi connectivity index (χ1n) is 6.29. The molecule has 3 heterocycles. The van der Waals surface area contributed by atoms with E-state index in [1.165, 1.54) is 18.0 Å². The molecule has 3 rings (SSSR count). The van der Waals surface area contributed by atoms with Crippen molar-refractivity contribution in [1.82, 2.24) is 25.0 Å². The van der Waals surface area contributed by atoms with Gasteiger partial charge in [-0.1, -0.05) is 0 Å². The molecule has 9 heteroatoms. The number of rotatable bonds is 3. The molecule has 0 aliphatic rings. The van der Waals surface area contributed by atoms with Crippen molar-refractivity contribution in [2.75, 3.05) is 12.8 Å². The van der Waals surface area contributed by atoms with Gasteiger partial charge in [0.15, 0.2) is 5.82 Å². The average molecular weight is 299 g/mol. The quantitative estimate of drug-likeness (QED) is 0.351. The van der Waals surface area contributed by atoms with Crippen molar-refractivity contribution >= 4 is 17.2 Å². The van der Waals surface area contributed by atoms with E-state index in [1.807, 2.05) is 0 Å². The molecule has 0 radical (unpaired) electrons. The number of nitrogens with zero attached hydrogens (tertiary/aromatic N) is 4. The van der Waals surface area contributed by atoms with Gasteiger partial charge in [-0.25, -0.2) is 20.3 Å². The van der Waals surface area contributed by atoms with Gasteiger partial charge in [0.1, 0.15) is 11.8 Å². The standard InChI is InChI=1S/C13H13N7O2/c1-22-10-4-7(2-3-16-10)9-5-8(13(21)19-15)11-12(14)17-6-18-20(9)11/h2-6H,15H2,1H3,(H,19,21)(H2,14,17,18). The maximum absolute atomic E-state index is 11.9. The maximum Gasteiger partial charge on any atom is 0.267 e. The van der Waals surface area contributed by atoms with E-state index in [0.29, 0.717) is 17.1 Å². The third-order valence-electron chi connectivity index (χ3n) is 3.20. The van der Waals surface area contributed by atoms with Crippen molar-refractivity contribution in [3.63, 3.8) is 0 Å². The number of hydrogen-bond donors (Lipinski definition) is 3. The topological polar surface area (TPSA) is 133 Å². The van der Waals surface area contributed by atoms with Gasteiger partial charge in [-0.05, 0) is 12.1 Å². The number of methoxy groups -OCH3 is 1. The van der Waals surface area contributed by atoms with E-state index in [1.54, 1.807) is 24.4 Å². The van der Waals surface area contributed by atoms with E-state index >= 15 is 0 Å². The summed E-state index contributed by atoms with van der Waals surface area (Å²) in [6.07, 6.45) is 2.91. The van der Waals surface area contributed by atoms with Crippen LogP contribution in [0.3, 0.4) is 0 Å². The zero-order valence-corrected chi connectivity index (χ0v) is 11.6. The van der Waals surface area contributed by atoms with E-state index < -0.39 is 5.91 Å². The molecule has 0 bridgehead atoms. The highest BCUT2D eigenvalue weighted by Crippen LogP contribution is 2.28. The predicted molar refractivity (Wildman–Crippen MR) is 78.8 cm³/mol. The van der Waals surface area contributed by atoms with Gasteiger partial charge in [0.05, 0.1) is 18.4 Å². The minimum Gasteiger partial charge on any atom is -0.481 e. The van der Waals surface area contributed by atoms with Crippen molar-refractivity contribution in [2.24, 2.45) is 5.84 Å². The van der Waals surface area contributed by atoms with Crippen LogP contribution in [-0.4, -0.2) is 32.6 Å². The first-order chi connectivity index (χ1) is 10.7. The second kappa shape index (κ2) is 5.30. The Kier molecular flexibility index (Phi) is 3.31. The summed E-state index contributed by atoms with van der Waals surface area (Å²) in [5.41, 5.74) is 10.0. The average Bonchev–Trinajstić information content (AvgIpc) is 2.95. The minimum absolute atomic E-state index is 0.181. The zero-order chi connectivity index (χ0) is 15.7. The van der Waals surface area contributed by atoms with Crippen LogP contribution in [0.4, 0.5) is 5.82 Å². The van der Waals surface area contributed by atoms with E-state index in [2.05, 4.69) is 20.5 Å². The van der Waals surface area contributed by atoms with Gasteiger partial charge >= 0.3 is 0 Å². The number of fused-ring (bicyclic) bond motifs is 1. The van der Waals surface area contributed by atoms with Gasteiger partial charge in [0.2, 0.25) is 5.88 Å². The number of aromatic nitrogens is 4. The second-order valence-electron chi connectivity index (χ2n) is 4.41. The second-order valence-corrected chi connectivity index (χ2v) is 4.41. The Hall–Kier alpha value is -3.20. The van der Waals surface area contributed by atoms with Crippen LogP contribution in [0.15, 0.2) is 30.7 Å². The Bertz CT molecular complexity index is 859.